The van der Waals surface area contributed by atoms with Gasteiger partial charge in [-0.15, -0.1) is 0 Å². The summed E-state index contributed by atoms with van der Waals surface area (Å²) in [5.41, 5.74) is 0. The zero-order chi connectivity index (χ0) is 7.28. The Morgan fingerprint density at radius 2 is 2.33 bits per heavy atom. The molecule has 0 amide bonds. The lowest BCUT2D eigenvalue weighted by Gasteiger charge is -2.13. The summed E-state index contributed by atoms with van der Waals surface area (Å²) in [6.45, 7) is 5.69. The Bertz CT molecular complexity index is 116. The lowest BCUT2D eigenvalue weighted by Crippen LogP contribution is -2.19. The quantitative estimate of drug-likeness (QED) is 0.404. The van der Waals surface area contributed by atoms with E-state index in [1.54, 1.807) is 13.2 Å². The first kappa shape index (κ1) is 8.21. The topological polar surface area (TPSA) is 15.6 Å². The van der Waals surface area contributed by atoms with Gasteiger partial charge in [0.2, 0.25) is 0 Å². The molecule has 52 valence electrons. The number of amidine groups is 1. The normalized spacial score (nSPS) is 11.2. The minimum Gasteiger partial charge on any atom is -0.340 e. The highest BCUT2D eigenvalue weighted by atomic mass is 15.1. The zero-order valence-electron chi connectivity index (χ0n) is 6.39. The van der Waals surface area contributed by atoms with Crippen LogP contribution < -0.4 is 0 Å². The minimum absolute atomic E-state index is 0.957. The molecule has 0 atom stereocenters. The summed E-state index contributed by atoms with van der Waals surface area (Å²) in [5, 5.41) is 0. The smallest absolute Gasteiger partial charge is 0.102 e. The van der Waals surface area contributed by atoms with Crippen LogP contribution in [0.15, 0.2) is 17.8 Å². The average Bonchev–Trinajstić information content (AvgIpc) is 1.90. The lowest BCUT2D eigenvalue weighted by molar-refractivity contribution is 0.670. The van der Waals surface area contributed by atoms with Gasteiger partial charge in [-0.05, 0) is 6.20 Å². The van der Waals surface area contributed by atoms with Crippen LogP contribution in [0.5, 0.6) is 0 Å². The zero-order valence-corrected chi connectivity index (χ0v) is 6.39. The molecule has 0 aromatic carbocycles. The molecule has 2 heteroatoms. The fourth-order valence-electron chi connectivity index (χ4n) is 0.671. The third-order valence-corrected chi connectivity index (χ3v) is 1.26. The van der Waals surface area contributed by atoms with Gasteiger partial charge >= 0.3 is 0 Å². The molecule has 0 radical (unpaired) electrons. The molecule has 2 nitrogen and oxygen atoms in total. The molecule has 0 aliphatic carbocycles. The molecule has 0 aliphatic rings. The summed E-state index contributed by atoms with van der Waals surface area (Å²) in [4.78, 5) is 5.97. The van der Waals surface area contributed by atoms with E-state index in [4.69, 9.17) is 0 Å². The van der Waals surface area contributed by atoms with E-state index in [0.29, 0.717) is 0 Å². The van der Waals surface area contributed by atoms with Gasteiger partial charge in [-0.25, -0.2) is 0 Å². The van der Waals surface area contributed by atoms with Crippen LogP contribution in [0.3, 0.4) is 0 Å². The third kappa shape index (κ3) is 2.31. The van der Waals surface area contributed by atoms with Gasteiger partial charge in [0, 0.05) is 20.5 Å². The van der Waals surface area contributed by atoms with Crippen LogP contribution in [0.1, 0.15) is 13.3 Å². The van der Waals surface area contributed by atoms with Crippen molar-refractivity contribution in [3.63, 3.8) is 0 Å². The van der Waals surface area contributed by atoms with Crippen LogP contribution >= 0.6 is 0 Å². The maximum absolute atomic E-state index is 4.05. The molecule has 0 aliphatic heterocycles. The third-order valence-electron chi connectivity index (χ3n) is 1.26. The predicted octanol–water partition coefficient (Wildman–Crippen LogP) is 1.50. The van der Waals surface area contributed by atoms with Crippen molar-refractivity contribution in [2.75, 3.05) is 14.1 Å². The van der Waals surface area contributed by atoms with Gasteiger partial charge in [0.05, 0.1) is 0 Å². The lowest BCUT2D eigenvalue weighted by atomic mass is 10.4. The Hall–Kier alpha value is -0.790. The molecule has 0 aromatic heterocycles. The highest BCUT2D eigenvalue weighted by molar-refractivity contribution is 5.82. The molecule has 9 heavy (non-hydrogen) atoms. The van der Waals surface area contributed by atoms with Crippen molar-refractivity contribution in [3.8, 4) is 0 Å². The van der Waals surface area contributed by atoms with E-state index >= 15 is 0 Å². The van der Waals surface area contributed by atoms with E-state index in [-0.39, 0.29) is 0 Å². The van der Waals surface area contributed by atoms with E-state index in [9.17, 15) is 0 Å². The van der Waals surface area contributed by atoms with Crippen molar-refractivity contribution in [1.29, 1.82) is 0 Å². The van der Waals surface area contributed by atoms with Crippen molar-refractivity contribution in [2.24, 2.45) is 4.99 Å². The van der Waals surface area contributed by atoms with Gasteiger partial charge in [-0.2, -0.15) is 0 Å². The number of hydrogen-bond acceptors (Lipinski definition) is 1. The van der Waals surface area contributed by atoms with Gasteiger partial charge < -0.3 is 4.90 Å². The highest BCUT2D eigenvalue weighted by Gasteiger charge is 1.95. The van der Waals surface area contributed by atoms with E-state index in [2.05, 4.69) is 18.5 Å². The maximum Gasteiger partial charge on any atom is 0.102 e. The Labute approximate surface area is 56.9 Å². The van der Waals surface area contributed by atoms with Crippen LogP contribution in [0, 0.1) is 0 Å². The second-order valence-corrected chi connectivity index (χ2v) is 1.79. The molecule has 0 saturated carbocycles. The predicted molar refractivity (Wildman–Crippen MR) is 41.6 cm³/mol. The molecule has 0 bridgehead atoms. The molecule has 0 saturated heterocycles. The summed E-state index contributed by atoms with van der Waals surface area (Å²) in [6.07, 6.45) is 2.71. The van der Waals surface area contributed by atoms with Crippen LogP contribution in [-0.2, 0) is 0 Å². The van der Waals surface area contributed by atoms with Crippen molar-refractivity contribution < 1.29 is 0 Å². The second-order valence-electron chi connectivity index (χ2n) is 1.79. The standard InChI is InChI=1S/C7H14N2/c1-5-7(8-3)9(4)6-2/h6H,2,5H2,1,3-4H3/b8-7-. The Morgan fingerprint density at radius 3 is 2.44 bits per heavy atom. The number of rotatable bonds is 2. The van der Waals surface area contributed by atoms with Crippen molar-refractivity contribution in [2.45, 2.75) is 13.3 Å². The first-order valence-corrected chi connectivity index (χ1v) is 3.07. The second kappa shape index (κ2) is 4.13. The SMILES string of the molecule is C=CN(C)/C(CC)=N\C. The summed E-state index contributed by atoms with van der Waals surface area (Å²) < 4.78 is 0. The number of nitrogens with zero attached hydrogens (tertiary/aromatic N) is 2. The van der Waals surface area contributed by atoms with Crippen molar-refractivity contribution in [3.05, 3.63) is 12.8 Å². The number of hydrogen-bond donors (Lipinski definition) is 0. The minimum atomic E-state index is 0.957. The molecule has 0 heterocycles. The molecular weight excluding hydrogens is 112 g/mol. The monoisotopic (exact) mass is 126 g/mol. The molecule has 0 unspecified atom stereocenters. The van der Waals surface area contributed by atoms with E-state index in [0.717, 1.165) is 12.3 Å². The first-order valence-electron chi connectivity index (χ1n) is 3.07. The molecule has 0 N–H and O–H groups in total. The fraction of sp³-hybridized carbons (Fsp3) is 0.571. The molecule has 0 aromatic rings. The maximum atomic E-state index is 4.05. The van der Waals surface area contributed by atoms with Crippen molar-refractivity contribution in [1.82, 2.24) is 4.90 Å². The van der Waals surface area contributed by atoms with Crippen LogP contribution in [0.25, 0.3) is 0 Å². The first-order chi connectivity index (χ1) is 4.26. The van der Waals surface area contributed by atoms with Crippen LogP contribution in [-0.4, -0.2) is 24.8 Å². The van der Waals surface area contributed by atoms with Gasteiger partial charge in [-0.3, -0.25) is 4.99 Å². The summed E-state index contributed by atoms with van der Waals surface area (Å²) in [5.74, 6) is 1.06. The highest BCUT2D eigenvalue weighted by Crippen LogP contribution is 1.91. The molecular formula is C7H14N2. The van der Waals surface area contributed by atoms with Gasteiger partial charge in [0.15, 0.2) is 0 Å². The fourth-order valence-corrected chi connectivity index (χ4v) is 0.671. The Balaban J connectivity index is 3.95. The average molecular weight is 126 g/mol. The van der Waals surface area contributed by atoms with Gasteiger partial charge in [0.25, 0.3) is 0 Å². The van der Waals surface area contributed by atoms with E-state index < -0.39 is 0 Å². The molecule has 0 spiro atoms. The van der Waals surface area contributed by atoms with E-state index in [1.165, 1.54) is 0 Å². The summed E-state index contributed by atoms with van der Waals surface area (Å²) in [6, 6.07) is 0. The van der Waals surface area contributed by atoms with Gasteiger partial charge in [0.1, 0.15) is 5.84 Å². The van der Waals surface area contributed by atoms with Crippen LogP contribution in [0.2, 0.25) is 0 Å². The summed E-state index contributed by atoms with van der Waals surface area (Å²) >= 11 is 0. The largest absolute Gasteiger partial charge is 0.340 e. The van der Waals surface area contributed by atoms with E-state index in [1.807, 2.05) is 11.9 Å². The summed E-state index contributed by atoms with van der Waals surface area (Å²) in [7, 11) is 3.73. The molecule has 0 rings (SSSR count). The Morgan fingerprint density at radius 1 is 1.78 bits per heavy atom. The van der Waals surface area contributed by atoms with Crippen molar-refractivity contribution >= 4 is 5.84 Å². The molecule has 0 fully saturated rings. The van der Waals surface area contributed by atoms with Gasteiger partial charge in [-0.1, -0.05) is 13.5 Å². The Kier molecular flexibility index (Phi) is 3.76. The number of aliphatic imine (C=N–C) groups is 1. The van der Waals surface area contributed by atoms with Crippen LogP contribution in [0.4, 0.5) is 0 Å².